The van der Waals surface area contributed by atoms with Crippen LogP contribution in [-0.4, -0.2) is 47.1 Å². The van der Waals surface area contributed by atoms with Crippen LogP contribution in [0.25, 0.3) is 0 Å². The van der Waals surface area contributed by atoms with Gasteiger partial charge in [-0.05, 0) is 31.9 Å². The fourth-order valence-electron chi connectivity index (χ4n) is 2.74. The first-order valence-electron chi connectivity index (χ1n) is 7.46. The maximum atomic E-state index is 12.0. The Bertz CT molecular complexity index is 561. The molecule has 1 saturated heterocycles. The minimum absolute atomic E-state index is 0.111. The Hall–Kier alpha value is -1.92. The molecule has 6 heteroatoms. The zero-order valence-corrected chi connectivity index (χ0v) is 12.8. The van der Waals surface area contributed by atoms with Gasteiger partial charge in [-0.25, -0.2) is 0 Å². The van der Waals surface area contributed by atoms with Crippen molar-refractivity contribution in [2.24, 2.45) is 5.73 Å². The molecule has 0 spiro atoms. The lowest BCUT2D eigenvalue weighted by Gasteiger charge is -2.36. The van der Waals surface area contributed by atoms with Crippen molar-refractivity contribution in [2.45, 2.75) is 31.9 Å². The second-order valence-electron chi connectivity index (χ2n) is 5.98. The zero-order chi connectivity index (χ0) is 16.2. The van der Waals surface area contributed by atoms with Gasteiger partial charge in [0.25, 0.3) is 5.91 Å². The molecule has 1 unspecified atom stereocenters. The molecule has 1 atom stereocenters. The van der Waals surface area contributed by atoms with Crippen molar-refractivity contribution in [3.05, 3.63) is 35.4 Å². The summed E-state index contributed by atoms with van der Waals surface area (Å²) in [5, 5.41) is 13.0. The van der Waals surface area contributed by atoms with E-state index >= 15 is 0 Å². The number of carbonyl (C=O) groups is 2. The number of hydrogen-bond acceptors (Lipinski definition) is 4. The minimum atomic E-state index is -1.52. The van der Waals surface area contributed by atoms with E-state index in [9.17, 15) is 14.7 Å². The lowest BCUT2D eigenvalue weighted by atomic mass is 9.92. The summed E-state index contributed by atoms with van der Waals surface area (Å²) in [5.41, 5.74) is 5.90. The van der Waals surface area contributed by atoms with Crippen molar-refractivity contribution in [3.8, 4) is 0 Å². The van der Waals surface area contributed by atoms with Gasteiger partial charge in [0.1, 0.15) is 0 Å². The second kappa shape index (κ2) is 6.89. The zero-order valence-electron chi connectivity index (χ0n) is 12.8. The van der Waals surface area contributed by atoms with Gasteiger partial charge in [0.15, 0.2) is 5.60 Å². The average molecular weight is 305 g/mol. The Balaban J connectivity index is 1.83. The fourth-order valence-corrected chi connectivity index (χ4v) is 2.74. The molecule has 2 amide bonds. The average Bonchev–Trinajstić information content (AvgIpc) is 2.45. The number of hydrogen-bond donors (Lipinski definition) is 3. The summed E-state index contributed by atoms with van der Waals surface area (Å²) in [5.74, 6) is -0.854. The SMILES string of the molecule is Cc1cccc(CNC(=O)CN2CCCC(O)(C(N)=O)C2)c1. The Labute approximate surface area is 130 Å². The Kier molecular flexibility index (Phi) is 5.15. The molecule has 0 aromatic heterocycles. The van der Waals surface area contributed by atoms with Crippen LogP contribution in [0.5, 0.6) is 0 Å². The van der Waals surface area contributed by atoms with Crippen molar-refractivity contribution in [1.82, 2.24) is 10.2 Å². The van der Waals surface area contributed by atoms with Crippen LogP contribution in [0.15, 0.2) is 24.3 Å². The summed E-state index contributed by atoms with van der Waals surface area (Å²) in [4.78, 5) is 25.1. The minimum Gasteiger partial charge on any atom is -0.379 e. The van der Waals surface area contributed by atoms with E-state index in [-0.39, 0.29) is 19.0 Å². The Morgan fingerprint density at radius 3 is 2.91 bits per heavy atom. The molecule has 0 saturated carbocycles. The van der Waals surface area contributed by atoms with Crippen LogP contribution in [0.4, 0.5) is 0 Å². The van der Waals surface area contributed by atoms with Crippen LogP contribution in [-0.2, 0) is 16.1 Å². The standard InChI is InChI=1S/C16H23N3O3/c1-12-4-2-5-13(8-12)9-18-14(20)10-19-7-3-6-16(22,11-19)15(17)21/h2,4-5,8,22H,3,6-7,9-11H2,1H3,(H2,17,21)(H,18,20). The molecule has 22 heavy (non-hydrogen) atoms. The van der Waals surface area contributed by atoms with E-state index in [2.05, 4.69) is 5.32 Å². The number of aliphatic hydroxyl groups is 1. The van der Waals surface area contributed by atoms with Gasteiger partial charge < -0.3 is 16.2 Å². The van der Waals surface area contributed by atoms with E-state index in [1.165, 1.54) is 0 Å². The number of amides is 2. The van der Waals surface area contributed by atoms with Gasteiger partial charge in [0.05, 0.1) is 6.54 Å². The van der Waals surface area contributed by atoms with Crippen molar-refractivity contribution in [3.63, 3.8) is 0 Å². The number of likely N-dealkylation sites (tertiary alicyclic amines) is 1. The quantitative estimate of drug-likeness (QED) is 0.709. The fraction of sp³-hybridized carbons (Fsp3) is 0.500. The first kappa shape index (κ1) is 16.5. The van der Waals surface area contributed by atoms with Crippen molar-refractivity contribution in [2.75, 3.05) is 19.6 Å². The highest BCUT2D eigenvalue weighted by Crippen LogP contribution is 2.20. The van der Waals surface area contributed by atoms with E-state index < -0.39 is 11.5 Å². The lowest BCUT2D eigenvalue weighted by molar-refractivity contribution is -0.143. The van der Waals surface area contributed by atoms with Gasteiger partial charge in [-0.2, -0.15) is 0 Å². The summed E-state index contributed by atoms with van der Waals surface area (Å²) in [6.07, 6.45) is 0.994. The molecule has 1 fully saturated rings. The van der Waals surface area contributed by atoms with Gasteiger partial charge in [-0.15, -0.1) is 0 Å². The normalized spacial score (nSPS) is 22.3. The van der Waals surface area contributed by atoms with Crippen molar-refractivity contribution >= 4 is 11.8 Å². The maximum Gasteiger partial charge on any atom is 0.250 e. The van der Waals surface area contributed by atoms with Gasteiger partial charge in [0, 0.05) is 13.1 Å². The van der Waals surface area contributed by atoms with E-state index in [1.54, 1.807) is 4.90 Å². The highest BCUT2D eigenvalue weighted by Gasteiger charge is 2.38. The molecular formula is C16H23N3O3. The first-order valence-corrected chi connectivity index (χ1v) is 7.46. The van der Waals surface area contributed by atoms with Crippen LogP contribution in [0, 0.1) is 6.92 Å². The number of nitrogens with one attached hydrogen (secondary N) is 1. The van der Waals surface area contributed by atoms with Crippen LogP contribution >= 0.6 is 0 Å². The van der Waals surface area contributed by atoms with E-state index in [0.29, 0.717) is 25.9 Å². The number of nitrogens with zero attached hydrogens (tertiary/aromatic N) is 1. The first-order chi connectivity index (χ1) is 10.4. The van der Waals surface area contributed by atoms with Gasteiger partial charge in [0.2, 0.25) is 5.91 Å². The molecule has 4 N–H and O–H groups in total. The summed E-state index contributed by atoms with van der Waals surface area (Å²) >= 11 is 0. The molecule has 1 aromatic rings. The summed E-state index contributed by atoms with van der Waals surface area (Å²) in [6.45, 7) is 3.41. The molecule has 0 aliphatic carbocycles. The van der Waals surface area contributed by atoms with Crippen molar-refractivity contribution in [1.29, 1.82) is 0 Å². The van der Waals surface area contributed by atoms with Gasteiger partial charge in [-0.1, -0.05) is 29.8 Å². The molecule has 1 aliphatic rings. The molecule has 1 heterocycles. The second-order valence-corrected chi connectivity index (χ2v) is 5.98. The van der Waals surface area contributed by atoms with Crippen LogP contribution in [0.1, 0.15) is 24.0 Å². The molecule has 1 aliphatic heterocycles. The molecular weight excluding hydrogens is 282 g/mol. The van der Waals surface area contributed by atoms with Crippen LogP contribution in [0.3, 0.4) is 0 Å². The highest BCUT2D eigenvalue weighted by atomic mass is 16.3. The predicted molar refractivity (Wildman–Crippen MR) is 82.8 cm³/mol. The van der Waals surface area contributed by atoms with E-state index in [4.69, 9.17) is 5.73 Å². The third kappa shape index (κ3) is 4.29. The monoisotopic (exact) mass is 305 g/mol. The van der Waals surface area contributed by atoms with E-state index in [1.807, 2.05) is 31.2 Å². The summed E-state index contributed by atoms with van der Waals surface area (Å²) in [7, 11) is 0. The number of primary amides is 1. The van der Waals surface area contributed by atoms with E-state index in [0.717, 1.165) is 11.1 Å². The van der Waals surface area contributed by atoms with Gasteiger partial charge in [-0.3, -0.25) is 14.5 Å². The molecule has 1 aromatic carbocycles. The Morgan fingerprint density at radius 2 is 2.23 bits per heavy atom. The third-order valence-corrected chi connectivity index (χ3v) is 3.95. The molecule has 6 nitrogen and oxygen atoms in total. The Morgan fingerprint density at radius 1 is 1.45 bits per heavy atom. The smallest absolute Gasteiger partial charge is 0.250 e. The number of carbonyl (C=O) groups excluding carboxylic acids is 2. The predicted octanol–water partition coefficient (Wildman–Crippen LogP) is -0.0766. The number of nitrogens with two attached hydrogens (primary N) is 1. The molecule has 0 radical (unpaired) electrons. The summed E-state index contributed by atoms with van der Waals surface area (Å²) < 4.78 is 0. The summed E-state index contributed by atoms with van der Waals surface area (Å²) in [6, 6.07) is 7.94. The number of rotatable bonds is 5. The van der Waals surface area contributed by atoms with Crippen molar-refractivity contribution < 1.29 is 14.7 Å². The molecule has 120 valence electrons. The number of benzene rings is 1. The maximum absolute atomic E-state index is 12.0. The third-order valence-electron chi connectivity index (χ3n) is 3.95. The van der Waals surface area contributed by atoms with Crippen LogP contribution < -0.4 is 11.1 Å². The van der Waals surface area contributed by atoms with Crippen LogP contribution in [0.2, 0.25) is 0 Å². The largest absolute Gasteiger partial charge is 0.379 e. The number of aryl methyl sites for hydroxylation is 1. The van der Waals surface area contributed by atoms with Gasteiger partial charge >= 0.3 is 0 Å². The highest BCUT2D eigenvalue weighted by molar-refractivity contribution is 5.84. The topological polar surface area (TPSA) is 95.7 Å². The molecule has 0 bridgehead atoms. The number of piperidine rings is 1. The lowest BCUT2D eigenvalue weighted by Crippen LogP contribution is -2.57. The number of β-amino-alcohol motifs (C(OH)–C–C–N with tert-alkyl or cyclic N) is 1. The molecule has 2 rings (SSSR count).